The first-order valence-electron chi connectivity index (χ1n) is 10.1. The van der Waals surface area contributed by atoms with Gasteiger partial charge in [-0.1, -0.05) is 6.07 Å². The molecule has 2 aromatic rings. The highest BCUT2D eigenvalue weighted by Crippen LogP contribution is 2.33. The number of hydrogen-bond acceptors (Lipinski definition) is 5. The zero-order valence-corrected chi connectivity index (χ0v) is 17.6. The zero-order chi connectivity index (χ0) is 21.3. The zero-order valence-electron chi connectivity index (χ0n) is 17.6. The van der Waals surface area contributed by atoms with Crippen LogP contribution < -0.4 is 9.47 Å². The third-order valence-electron chi connectivity index (χ3n) is 5.23. The third-order valence-corrected chi connectivity index (χ3v) is 5.23. The Morgan fingerprint density at radius 2 is 1.80 bits per heavy atom. The number of nitrogens with zero attached hydrogens (tertiary/aromatic N) is 3. The Kier molecular flexibility index (Phi) is 5.57. The summed E-state index contributed by atoms with van der Waals surface area (Å²) >= 11 is 0. The van der Waals surface area contributed by atoms with Crippen molar-refractivity contribution in [3.05, 3.63) is 47.4 Å². The van der Waals surface area contributed by atoms with E-state index < -0.39 is 0 Å². The van der Waals surface area contributed by atoms with Gasteiger partial charge in [0.05, 0.1) is 6.54 Å². The van der Waals surface area contributed by atoms with Gasteiger partial charge in [-0.25, -0.2) is 4.79 Å². The Morgan fingerprint density at radius 3 is 2.47 bits per heavy atom. The Labute approximate surface area is 175 Å². The first-order chi connectivity index (χ1) is 14.4. The summed E-state index contributed by atoms with van der Waals surface area (Å²) in [5.74, 6) is 2.76. The van der Waals surface area contributed by atoms with Crippen LogP contribution in [0.2, 0.25) is 0 Å². The van der Waals surface area contributed by atoms with Crippen LogP contribution in [-0.2, 0) is 17.9 Å². The number of amides is 3. The summed E-state index contributed by atoms with van der Waals surface area (Å²) in [7, 11) is 3.41. The molecule has 2 aliphatic rings. The first kappa shape index (κ1) is 20.1. The molecule has 8 heteroatoms. The van der Waals surface area contributed by atoms with E-state index in [2.05, 4.69) is 0 Å². The highest BCUT2D eigenvalue weighted by atomic mass is 16.7. The van der Waals surface area contributed by atoms with Gasteiger partial charge in [-0.15, -0.1) is 0 Å². The van der Waals surface area contributed by atoms with Gasteiger partial charge in [0, 0.05) is 26.7 Å². The highest BCUT2D eigenvalue weighted by Gasteiger charge is 2.35. The molecule has 1 aromatic heterocycles. The van der Waals surface area contributed by atoms with Gasteiger partial charge in [0.15, 0.2) is 11.5 Å². The van der Waals surface area contributed by atoms with E-state index in [1.54, 1.807) is 23.9 Å². The smallest absolute Gasteiger partial charge is 0.320 e. The highest BCUT2D eigenvalue weighted by molar-refractivity contribution is 5.84. The normalized spacial score (nSPS) is 14.5. The lowest BCUT2D eigenvalue weighted by atomic mass is 10.2. The van der Waals surface area contributed by atoms with Gasteiger partial charge in [-0.2, -0.15) is 0 Å². The molecule has 8 nitrogen and oxygen atoms in total. The number of fused-ring (bicyclic) bond motifs is 1. The summed E-state index contributed by atoms with van der Waals surface area (Å²) in [6.45, 7) is 2.83. The van der Waals surface area contributed by atoms with E-state index >= 15 is 0 Å². The Hall–Kier alpha value is -3.16. The van der Waals surface area contributed by atoms with E-state index in [1.807, 2.05) is 37.3 Å². The summed E-state index contributed by atoms with van der Waals surface area (Å²) in [5, 5.41) is 0. The molecule has 0 atom stereocenters. The van der Waals surface area contributed by atoms with Crippen LogP contribution in [0, 0.1) is 6.92 Å². The van der Waals surface area contributed by atoms with E-state index in [0.717, 1.165) is 24.2 Å². The van der Waals surface area contributed by atoms with Crippen LogP contribution in [0.5, 0.6) is 11.5 Å². The van der Waals surface area contributed by atoms with Gasteiger partial charge in [-0.3, -0.25) is 4.79 Å². The van der Waals surface area contributed by atoms with Crippen molar-refractivity contribution in [2.24, 2.45) is 0 Å². The Bertz CT molecular complexity index is 935. The van der Waals surface area contributed by atoms with E-state index in [1.165, 1.54) is 4.90 Å². The molecule has 1 saturated carbocycles. The van der Waals surface area contributed by atoms with Crippen LogP contribution in [0.3, 0.4) is 0 Å². The van der Waals surface area contributed by atoms with Gasteiger partial charge in [-0.05, 0) is 49.6 Å². The summed E-state index contributed by atoms with van der Waals surface area (Å²) < 4.78 is 16.5. The average molecular weight is 413 g/mol. The van der Waals surface area contributed by atoms with Gasteiger partial charge in [0.1, 0.15) is 18.1 Å². The van der Waals surface area contributed by atoms with Crippen molar-refractivity contribution < 1.29 is 23.5 Å². The van der Waals surface area contributed by atoms with Crippen LogP contribution >= 0.6 is 0 Å². The van der Waals surface area contributed by atoms with E-state index in [9.17, 15) is 9.59 Å². The van der Waals surface area contributed by atoms with E-state index in [-0.39, 0.29) is 31.3 Å². The maximum Gasteiger partial charge on any atom is 0.320 e. The second-order valence-corrected chi connectivity index (χ2v) is 7.99. The maximum absolute atomic E-state index is 13.3. The molecule has 0 N–H and O–H groups in total. The van der Waals surface area contributed by atoms with E-state index in [0.29, 0.717) is 30.3 Å². The molecular formula is C22H27N3O5. The number of furan rings is 1. The minimum absolute atomic E-state index is 0.0475. The summed E-state index contributed by atoms with van der Waals surface area (Å²) in [4.78, 5) is 30.7. The molecule has 1 aliphatic heterocycles. The van der Waals surface area contributed by atoms with E-state index in [4.69, 9.17) is 13.9 Å². The molecule has 30 heavy (non-hydrogen) atoms. The second kappa shape index (κ2) is 8.30. The van der Waals surface area contributed by atoms with Crippen molar-refractivity contribution >= 4 is 11.9 Å². The van der Waals surface area contributed by atoms with Crippen molar-refractivity contribution in [3.63, 3.8) is 0 Å². The second-order valence-electron chi connectivity index (χ2n) is 7.99. The molecule has 160 valence electrons. The predicted octanol–water partition coefficient (Wildman–Crippen LogP) is 2.99. The number of urea groups is 1. The molecule has 0 bridgehead atoms. The van der Waals surface area contributed by atoms with Gasteiger partial charge in [0.25, 0.3) is 0 Å². The molecule has 2 heterocycles. The van der Waals surface area contributed by atoms with Crippen LogP contribution in [0.4, 0.5) is 4.79 Å². The number of hydrogen-bond donors (Lipinski definition) is 0. The fraction of sp³-hybridized carbons (Fsp3) is 0.455. The minimum atomic E-state index is -0.136. The van der Waals surface area contributed by atoms with Crippen molar-refractivity contribution in [1.29, 1.82) is 0 Å². The van der Waals surface area contributed by atoms with Crippen LogP contribution in [0.15, 0.2) is 34.7 Å². The predicted molar refractivity (Wildman–Crippen MR) is 109 cm³/mol. The molecule has 0 unspecified atom stereocenters. The number of benzene rings is 1. The summed E-state index contributed by atoms with van der Waals surface area (Å²) in [6.07, 6.45) is 1.87. The first-order valence-corrected chi connectivity index (χ1v) is 10.1. The van der Waals surface area contributed by atoms with Crippen molar-refractivity contribution in [2.75, 3.05) is 27.4 Å². The Balaban J connectivity index is 1.53. The van der Waals surface area contributed by atoms with Crippen LogP contribution in [0.25, 0.3) is 0 Å². The minimum Gasteiger partial charge on any atom is -0.464 e. The third kappa shape index (κ3) is 4.53. The SMILES string of the molecule is Cc1ccc(CN(Cc2ccc3c(c2)OCO3)C(=O)CN(C(=O)N(C)C)C2CC2)o1. The Morgan fingerprint density at radius 1 is 1.03 bits per heavy atom. The largest absolute Gasteiger partial charge is 0.464 e. The molecular weight excluding hydrogens is 386 g/mol. The van der Waals surface area contributed by atoms with Crippen molar-refractivity contribution in [3.8, 4) is 11.5 Å². The molecule has 1 fully saturated rings. The molecule has 4 rings (SSSR count). The lowest BCUT2D eigenvalue weighted by Crippen LogP contribution is -2.47. The topological polar surface area (TPSA) is 75.5 Å². The summed E-state index contributed by atoms with van der Waals surface area (Å²) in [6, 6.07) is 9.42. The molecule has 0 saturated heterocycles. The summed E-state index contributed by atoms with van der Waals surface area (Å²) in [5.41, 5.74) is 0.924. The molecule has 1 aromatic carbocycles. The van der Waals surface area contributed by atoms with Gasteiger partial charge >= 0.3 is 6.03 Å². The van der Waals surface area contributed by atoms with Crippen molar-refractivity contribution in [2.45, 2.75) is 38.9 Å². The monoisotopic (exact) mass is 413 g/mol. The number of aryl methyl sites for hydroxylation is 1. The fourth-order valence-electron chi connectivity index (χ4n) is 3.49. The standard InChI is InChI=1S/C22H27N3O5/c1-15-4-8-18(30-15)12-24(11-16-5-9-19-20(10-16)29-14-28-19)21(26)13-25(17-6-7-17)22(27)23(2)3/h4-5,8-10,17H,6-7,11-14H2,1-3H3. The molecule has 0 spiro atoms. The number of carbonyl (C=O) groups excluding carboxylic acids is 2. The quantitative estimate of drug-likeness (QED) is 0.698. The fourth-order valence-corrected chi connectivity index (χ4v) is 3.49. The van der Waals surface area contributed by atoms with Crippen LogP contribution in [0.1, 0.15) is 29.9 Å². The van der Waals surface area contributed by atoms with Gasteiger partial charge in [0.2, 0.25) is 12.7 Å². The molecule has 0 radical (unpaired) electrons. The van der Waals surface area contributed by atoms with Crippen molar-refractivity contribution in [1.82, 2.24) is 14.7 Å². The number of rotatable bonds is 7. The maximum atomic E-state index is 13.3. The lowest BCUT2D eigenvalue weighted by molar-refractivity contribution is -0.133. The molecule has 1 aliphatic carbocycles. The lowest BCUT2D eigenvalue weighted by Gasteiger charge is -2.29. The molecule has 3 amide bonds. The number of carbonyl (C=O) groups is 2. The van der Waals surface area contributed by atoms with Crippen LogP contribution in [-0.4, -0.2) is 60.1 Å². The van der Waals surface area contributed by atoms with Gasteiger partial charge < -0.3 is 28.6 Å². The number of ether oxygens (including phenoxy) is 2. The average Bonchev–Trinajstić information content (AvgIpc) is 3.31.